The van der Waals surface area contributed by atoms with Crippen molar-refractivity contribution < 1.29 is 48.7 Å². The molecule has 29 heavy (non-hydrogen) atoms. The summed E-state index contributed by atoms with van der Waals surface area (Å²) in [6.07, 6.45) is -1.90. The molecule has 0 aliphatic heterocycles. The molecule has 0 bridgehead atoms. The molecule has 0 aliphatic carbocycles. The molecule has 0 unspecified atom stereocenters. The van der Waals surface area contributed by atoms with Gasteiger partial charge < -0.3 is 29.5 Å². The van der Waals surface area contributed by atoms with Gasteiger partial charge in [-0.05, 0) is 11.6 Å². The highest BCUT2D eigenvalue weighted by atomic mass is 35.5. The van der Waals surface area contributed by atoms with Gasteiger partial charge in [-0.25, -0.2) is 0 Å². The fourth-order valence-corrected chi connectivity index (χ4v) is 1.06. The van der Waals surface area contributed by atoms with Crippen molar-refractivity contribution in [3.63, 3.8) is 0 Å². The molecule has 0 saturated carbocycles. The number of hydrogen-bond donors (Lipinski definition) is 3. The maximum absolute atomic E-state index is 11.0. The van der Waals surface area contributed by atoms with Gasteiger partial charge in [0.15, 0.2) is 6.10 Å². The van der Waals surface area contributed by atoms with Gasteiger partial charge >= 0.3 is 17.9 Å². The molecule has 0 aromatic carbocycles. The number of esters is 3. The van der Waals surface area contributed by atoms with E-state index in [2.05, 4.69) is 9.47 Å². The Morgan fingerprint density at radius 1 is 0.724 bits per heavy atom. The van der Waals surface area contributed by atoms with E-state index < -0.39 is 35.4 Å². The maximum Gasteiger partial charge on any atom is 0.321 e. The van der Waals surface area contributed by atoms with E-state index in [1.54, 1.807) is 0 Å². The zero-order valence-electron chi connectivity index (χ0n) is 14.9. The lowest BCUT2D eigenvalue weighted by molar-refractivity contribution is -0.163. The van der Waals surface area contributed by atoms with Crippen LogP contribution in [0.5, 0.6) is 0 Å². The number of rotatable bonds is 11. The van der Waals surface area contributed by atoms with Crippen molar-refractivity contribution in [3.8, 4) is 0 Å². The Labute approximate surface area is 191 Å². The van der Waals surface area contributed by atoms with E-state index >= 15 is 0 Å². The molecule has 0 radical (unpaired) electrons. The predicted molar refractivity (Wildman–Crippen MR) is 106 cm³/mol. The Balaban J connectivity index is -0.000000502. The number of halogens is 5. The van der Waals surface area contributed by atoms with E-state index in [0.717, 1.165) is 0 Å². The summed E-state index contributed by atoms with van der Waals surface area (Å²) in [7, 11) is 0. The molecule has 0 aliphatic rings. The minimum absolute atomic E-state index is 0.0957. The SMILES string of the molecule is O=C(CCl)OCC(COC(=O)CCl)OC(=O)CCl.O=C(Cl)CCl.OCC(O)CO. The summed E-state index contributed by atoms with van der Waals surface area (Å²) < 4.78 is 14.1. The van der Waals surface area contributed by atoms with Crippen molar-refractivity contribution in [1.29, 1.82) is 0 Å². The lowest BCUT2D eigenvalue weighted by Gasteiger charge is -2.16. The van der Waals surface area contributed by atoms with Crippen LogP contribution in [0.25, 0.3) is 0 Å². The quantitative estimate of drug-likeness (QED) is 0.145. The molecule has 0 aromatic heterocycles. The molecule has 0 fully saturated rings. The normalized spacial score (nSPS) is 9.59. The topological polar surface area (TPSA) is 157 Å². The molecule has 0 saturated heterocycles. The molecule has 0 atom stereocenters. The third-order valence-electron chi connectivity index (χ3n) is 2.01. The monoisotopic (exact) mass is 524 g/mol. The van der Waals surface area contributed by atoms with Crippen LogP contribution in [0, 0.1) is 0 Å². The summed E-state index contributed by atoms with van der Waals surface area (Å²) in [5.74, 6) is -3.25. The van der Waals surface area contributed by atoms with Gasteiger partial charge in [0.2, 0.25) is 5.24 Å². The van der Waals surface area contributed by atoms with Crippen molar-refractivity contribution in [2.45, 2.75) is 12.2 Å². The van der Waals surface area contributed by atoms with Crippen LogP contribution in [0.1, 0.15) is 0 Å². The van der Waals surface area contributed by atoms with Gasteiger partial charge in [-0.3, -0.25) is 19.2 Å². The molecule has 0 spiro atoms. The Hall–Kier alpha value is -0.590. The molecule has 0 rings (SSSR count). The molecule has 15 heteroatoms. The van der Waals surface area contributed by atoms with Gasteiger partial charge in [-0.1, -0.05) is 0 Å². The molecular formula is C14H21Cl5O10. The standard InChI is InChI=1S/C9H11Cl3O6.C3H8O3.C2H2Cl2O/c10-1-7(13)16-4-6(18-9(15)3-12)5-17-8(14)2-11;4-1-3(6)2-5;3-1-2(4)5/h6H,1-5H2;3-6H,1-2H2;1H2. The molecule has 0 amide bonds. The van der Waals surface area contributed by atoms with Gasteiger partial charge in [0.25, 0.3) is 0 Å². The van der Waals surface area contributed by atoms with Gasteiger partial charge in [-0.15, -0.1) is 46.4 Å². The lowest BCUT2D eigenvalue weighted by Crippen LogP contribution is -2.31. The van der Waals surface area contributed by atoms with Crippen molar-refractivity contribution in [2.75, 3.05) is 49.9 Å². The van der Waals surface area contributed by atoms with Crippen LogP contribution in [-0.2, 0) is 33.4 Å². The number of aliphatic hydroxyl groups excluding tert-OH is 3. The third-order valence-corrected chi connectivity index (χ3v) is 3.18. The average molecular weight is 527 g/mol. The summed E-state index contributed by atoms with van der Waals surface area (Å²) in [5, 5.41) is 23.5. The maximum atomic E-state index is 11.0. The Morgan fingerprint density at radius 2 is 1.07 bits per heavy atom. The van der Waals surface area contributed by atoms with Crippen molar-refractivity contribution in [2.24, 2.45) is 0 Å². The summed E-state index contributed by atoms with van der Waals surface area (Å²) in [6.45, 7) is -1.31. The zero-order chi connectivity index (χ0) is 23.2. The smallest absolute Gasteiger partial charge is 0.321 e. The zero-order valence-corrected chi connectivity index (χ0v) is 18.7. The van der Waals surface area contributed by atoms with Gasteiger partial charge in [-0.2, -0.15) is 0 Å². The van der Waals surface area contributed by atoms with E-state index in [9.17, 15) is 19.2 Å². The largest absolute Gasteiger partial charge is 0.461 e. The molecular weight excluding hydrogens is 505 g/mol. The summed E-state index contributed by atoms with van der Waals surface area (Å²) in [6, 6.07) is 0. The van der Waals surface area contributed by atoms with E-state index in [-0.39, 0.29) is 49.9 Å². The number of carbonyl (C=O) groups excluding carboxylic acids is 4. The van der Waals surface area contributed by atoms with Gasteiger partial charge in [0, 0.05) is 0 Å². The predicted octanol–water partition coefficient (Wildman–Crippen LogP) is 0.0235. The summed E-state index contributed by atoms with van der Waals surface area (Å²) >= 11 is 25.2. The van der Waals surface area contributed by atoms with Crippen molar-refractivity contribution in [1.82, 2.24) is 0 Å². The lowest BCUT2D eigenvalue weighted by atomic mass is 10.4. The first-order valence-corrected chi connectivity index (χ1v) is 9.95. The van der Waals surface area contributed by atoms with Crippen LogP contribution < -0.4 is 0 Å². The van der Waals surface area contributed by atoms with Crippen LogP contribution in [0.15, 0.2) is 0 Å². The Kier molecular flexibility index (Phi) is 27.0. The van der Waals surface area contributed by atoms with E-state index in [0.29, 0.717) is 0 Å². The Bertz CT molecular complexity index is 442. The number of alkyl halides is 4. The van der Waals surface area contributed by atoms with Crippen LogP contribution in [0.4, 0.5) is 0 Å². The number of ether oxygens (including phenoxy) is 3. The van der Waals surface area contributed by atoms with Crippen LogP contribution in [-0.4, -0.2) is 101 Å². The van der Waals surface area contributed by atoms with Gasteiger partial charge in [0.1, 0.15) is 37.0 Å². The number of carbonyl (C=O) groups is 4. The fraction of sp³-hybridized carbons (Fsp3) is 0.714. The highest BCUT2D eigenvalue weighted by Gasteiger charge is 2.18. The Morgan fingerprint density at radius 3 is 1.28 bits per heavy atom. The molecule has 0 heterocycles. The molecule has 10 nitrogen and oxygen atoms in total. The number of aliphatic hydroxyl groups is 3. The fourth-order valence-electron chi connectivity index (χ4n) is 0.840. The van der Waals surface area contributed by atoms with E-state index in [1.807, 2.05) is 0 Å². The highest BCUT2D eigenvalue weighted by Crippen LogP contribution is 1.99. The summed E-state index contributed by atoms with van der Waals surface area (Å²) in [5.41, 5.74) is 0. The second-order valence-electron chi connectivity index (χ2n) is 4.39. The minimum atomic E-state index is -0.954. The van der Waals surface area contributed by atoms with Crippen LogP contribution in [0.3, 0.4) is 0 Å². The first-order chi connectivity index (χ1) is 13.6. The summed E-state index contributed by atoms with van der Waals surface area (Å²) in [4.78, 5) is 42.0. The molecule has 0 aromatic rings. The van der Waals surface area contributed by atoms with Crippen molar-refractivity contribution >= 4 is 81.2 Å². The first kappa shape index (κ1) is 33.1. The van der Waals surface area contributed by atoms with E-state index in [4.69, 9.17) is 78.1 Å². The average Bonchev–Trinajstić information content (AvgIpc) is 2.74. The number of hydrogen-bond acceptors (Lipinski definition) is 10. The van der Waals surface area contributed by atoms with Crippen LogP contribution >= 0.6 is 58.0 Å². The van der Waals surface area contributed by atoms with Gasteiger partial charge in [0.05, 0.1) is 19.1 Å². The molecule has 172 valence electrons. The minimum Gasteiger partial charge on any atom is -0.461 e. The third kappa shape index (κ3) is 27.4. The van der Waals surface area contributed by atoms with E-state index in [1.165, 1.54) is 0 Å². The second kappa shape index (κ2) is 23.7. The molecule has 3 N–H and O–H groups in total. The van der Waals surface area contributed by atoms with Crippen LogP contribution in [0.2, 0.25) is 0 Å². The second-order valence-corrected chi connectivity index (χ2v) is 5.88. The first-order valence-electron chi connectivity index (χ1n) is 7.44. The van der Waals surface area contributed by atoms with Crippen molar-refractivity contribution in [3.05, 3.63) is 0 Å². The highest BCUT2D eigenvalue weighted by molar-refractivity contribution is 6.67.